The standard InChI is InChI=1S/C76H52N2/c1-49-23-9-10-28-56(49)65-45-55(77(51-24-5-3-6-25-51)53-41-43-63-61-33-15-21-39-70(61)75(72(63)46-53)66-35-17-11-29-57(66)58-30-12-18-36-67(58)75)48-74(50(65)2)78(52-26-7-4-8-27-52)54-42-44-64-62-34-16-22-40-71(62)76(73(64)47-54)68-37-19-13-31-59(68)60-32-14-20-38-69(60)76/h3-48H,1-2H3. The summed E-state index contributed by atoms with van der Waals surface area (Å²) in [5.74, 6) is 0. The largest absolute Gasteiger partial charge is 0.310 e. The van der Waals surface area contributed by atoms with Gasteiger partial charge in [0.25, 0.3) is 0 Å². The van der Waals surface area contributed by atoms with Crippen molar-refractivity contribution in [3.63, 3.8) is 0 Å². The van der Waals surface area contributed by atoms with Crippen LogP contribution >= 0.6 is 0 Å². The van der Waals surface area contributed by atoms with E-state index in [0.29, 0.717) is 0 Å². The minimum atomic E-state index is -0.490. The van der Waals surface area contributed by atoms with Gasteiger partial charge in [0.1, 0.15) is 0 Å². The number of fused-ring (bicyclic) bond motifs is 20. The molecule has 12 aromatic carbocycles. The van der Waals surface area contributed by atoms with Crippen LogP contribution in [0.1, 0.15) is 55.6 Å². The Labute approximate surface area is 456 Å². The zero-order valence-corrected chi connectivity index (χ0v) is 43.5. The van der Waals surface area contributed by atoms with E-state index in [1.165, 1.54) is 111 Å². The van der Waals surface area contributed by atoms with Gasteiger partial charge < -0.3 is 9.80 Å². The van der Waals surface area contributed by atoms with Gasteiger partial charge >= 0.3 is 0 Å². The van der Waals surface area contributed by atoms with Crippen LogP contribution in [-0.2, 0) is 10.8 Å². The molecule has 2 heteroatoms. The molecule has 4 aliphatic rings. The van der Waals surface area contributed by atoms with Crippen molar-refractivity contribution in [2.45, 2.75) is 24.7 Å². The summed E-state index contributed by atoms with van der Waals surface area (Å²) >= 11 is 0. The summed E-state index contributed by atoms with van der Waals surface area (Å²) in [6.45, 7) is 4.57. The third-order valence-corrected chi connectivity index (χ3v) is 17.8. The second-order valence-electron chi connectivity index (χ2n) is 21.5. The fraction of sp³-hybridized carbons (Fsp3) is 0.0526. The first kappa shape index (κ1) is 44.5. The zero-order valence-electron chi connectivity index (χ0n) is 43.5. The Kier molecular flexibility index (Phi) is 9.63. The fourth-order valence-corrected chi connectivity index (χ4v) is 14.7. The van der Waals surface area contributed by atoms with Crippen LogP contribution in [0.25, 0.3) is 55.6 Å². The van der Waals surface area contributed by atoms with Crippen LogP contribution < -0.4 is 9.80 Å². The first-order valence-corrected chi connectivity index (χ1v) is 27.3. The SMILES string of the molecule is Cc1ccccc1-c1cc(N(c2ccccc2)c2ccc3c(c2)C2(c4ccccc4-c4ccccc42)c2ccccc2-3)cc(N(c2ccccc2)c2ccc3c(c2)C2(c4ccccc4-c4ccccc42)c2ccccc2-3)c1C. The molecule has 0 radical (unpaired) electrons. The van der Waals surface area contributed by atoms with Gasteiger partial charge in [0.15, 0.2) is 0 Å². The lowest BCUT2D eigenvalue weighted by Gasteiger charge is -2.34. The van der Waals surface area contributed by atoms with Gasteiger partial charge in [-0.3, -0.25) is 0 Å². The maximum absolute atomic E-state index is 2.52. The first-order chi connectivity index (χ1) is 38.5. The van der Waals surface area contributed by atoms with Crippen LogP contribution in [-0.4, -0.2) is 0 Å². The number of aryl methyl sites for hydroxylation is 1. The molecule has 0 saturated carbocycles. The Morgan fingerprint density at radius 1 is 0.218 bits per heavy atom. The predicted octanol–water partition coefficient (Wildman–Crippen LogP) is 19.6. The highest BCUT2D eigenvalue weighted by molar-refractivity contribution is 5.99. The number of nitrogens with zero attached hydrogens (tertiary/aromatic N) is 2. The molecular weight excluding hydrogens is 941 g/mol. The molecule has 0 atom stereocenters. The molecule has 0 heterocycles. The van der Waals surface area contributed by atoms with Gasteiger partial charge in [0.05, 0.1) is 16.5 Å². The summed E-state index contributed by atoms with van der Waals surface area (Å²) < 4.78 is 0. The second-order valence-corrected chi connectivity index (χ2v) is 21.5. The van der Waals surface area contributed by atoms with E-state index in [9.17, 15) is 0 Å². The molecule has 0 unspecified atom stereocenters. The minimum absolute atomic E-state index is 0.489. The van der Waals surface area contributed by atoms with Gasteiger partial charge in [0.2, 0.25) is 0 Å². The average molecular weight is 993 g/mol. The number of hydrogen-bond donors (Lipinski definition) is 0. The second kappa shape index (κ2) is 16.9. The molecule has 0 amide bonds. The normalized spacial score (nSPS) is 13.7. The third kappa shape index (κ3) is 5.97. The quantitative estimate of drug-likeness (QED) is 0.157. The van der Waals surface area contributed by atoms with Gasteiger partial charge in [0, 0.05) is 28.4 Å². The van der Waals surface area contributed by atoms with Crippen molar-refractivity contribution in [1.29, 1.82) is 0 Å². The van der Waals surface area contributed by atoms with E-state index in [0.717, 1.165) is 34.1 Å². The molecule has 366 valence electrons. The third-order valence-electron chi connectivity index (χ3n) is 17.8. The maximum atomic E-state index is 2.52. The topological polar surface area (TPSA) is 6.48 Å². The van der Waals surface area contributed by atoms with E-state index in [2.05, 4.69) is 303 Å². The molecule has 2 nitrogen and oxygen atoms in total. The zero-order chi connectivity index (χ0) is 51.7. The molecule has 4 aliphatic carbocycles. The van der Waals surface area contributed by atoms with Crippen molar-refractivity contribution in [3.8, 4) is 55.6 Å². The van der Waals surface area contributed by atoms with Crippen molar-refractivity contribution in [2.24, 2.45) is 0 Å². The van der Waals surface area contributed by atoms with Crippen LogP contribution in [0.15, 0.2) is 279 Å². The van der Waals surface area contributed by atoms with E-state index >= 15 is 0 Å². The van der Waals surface area contributed by atoms with Crippen LogP contribution in [0.4, 0.5) is 34.1 Å². The Morgan fingerprint density at radius 2 is 0.538 bits per heavy atom. The summed E-state index contributed by atoms with van der Waals surface area (Å²) in [6, 6.07) is 105. The lowest BCUT2D eigenvalue weighted by Crippen LogP contribution is -2.26. The lowest BCUT2D eigenvalue weighted by atomic mass is 9.70. The van der Waals surface area contributed by atoms with E-state index < -0.39 is 10.8 Å². The average Bonchev–Trinajstić information content (AvgIpc) is 3.96. The van der Waals surface area contributed by atoms with Crippen LogP contribution in [0.2, 0.25) is 0 Å². The van der Waals surface area contributed by atoms with Crippen LogP contribution in [0, 0.1) is 13.8 Å². The molecule has 78 heavy (non-hydrogen) atoms. The molecule has 0 aliphatic heterocycles. The maximum Gasteiger partial charge on any atom is 0.0726 e. The minimum Gasteiger partial charge on any atom is -0.310 e. The van der Waals surface area contributed by atoms with Crippen molar-refractivity contribution < 1.29 is 0 Å². The molecule has 0 aromatic heterocycles. The van der Waals surface area contributed by atoms with Gasteiger partial charge in [-0.2, -0.15) is 0 Å². The van der Waals surface area contributed by atoms with E-state index in [1.54, 1.807) is 0 Å². The Balaban J connectivity index is 0.958. The van der Waals surface area contributed by atoms with Gasteiger partial charge in [-0.1, -0.05) is 218 Å². The van der Waals surface area contributed by atoms with Crippen molar-refractivity contribution in [2.75, 3.05) is 9.80 Å². The van der Waals surface area contributed by atoms with Gasteiger partial charge in [-0.05, 0) is 186 Å². The van der Waals surface area contributed by atoms with Crippen molar-refractivity contribution >= 4 is 34.1 Å². The number of anilines is 6. The molecule has 0 bridgehead atoms. The van der Waals surface area contributed by atoms with Crippen molar-refractivity contribution in [1.82, 2.24) is 0 Å². The summed E-state index contributed by atoms with van der Waals surface area (Å²) in [4.78, 5) is 5.02. The first-order valence-electron chi connectivity index (χ1n) is 27.3. The molecular formula is C76H52N2. The Hall–Kier alpha value is -9.76. The predicted molar refractivity (Wildman–Crippen MR) is 323 cm³/mol. The highest BCUT2D eigenvalue weighted by Crippen LogP contribution is 2.65. The number of hydrogen-bond acceptors (Lipinski definition) is 2. The molecule has 2 spiro atoms. The monoisotopic (exact) mass is 992 g/mol. The van der Waals surface area contributed by atoms with E-state index in [-0.39, 0.29) is 0 Å². The summed E-state index contributed by atoms with van der Waals surface area (Å²) in [6.07, 6.45) is 0. The van der Waals surface area contributed by atoms with Gasteiger partial charge in [-0.25, -0.2) is 0 Å². The highest BCUT2D eigenvalue weighted by Gasteiger charge is 2.53. The number of rotatable bonds is 7. The summed E-state index contributed by atoms with van der Waals surface area (Å²) in [5, 5.41) is 0. The van der Waals surface area contributed by atoms with Gasteiger partial charge in [-0.15, -0.1) is 0 Å². The summed E-state index contributed by atoms with van der Waals surface area (Å²) in [5.41, 5.74) is 31.4. The molecule has 0 N–H and O–H groups in total. The lowest BCUT2D eigenvalue weighted by molar-refractivity contribution is 0.793. The Bertz CT molecular complexity index is 4310. The molecule has 12 aromatic rings. The van der Waals surface area contributed by atoms with E-state index in [1.807, 2.05) is 0 Å². The van der Waals surface area contributed by atoms with E-state index in [4.69, 9.17) is 0 Å². The Morgan fingerprint density at radius 3 is 0.936 bits per heavy atom. The fourth-order valence-electron chi connectivity index (χ4n) is 14.7. The summed E-state index contributed by atoms with van der Waals surface area (Å²) in [7, 11) is 0. The van der Waals surface area contributed by atoms with Crippen LogP contribution in [0.5, 0.6) is 0 Å². The molecule has 0 saturated heterocycles. The van der Waals surface area contributed by atoms with Crippen molar-refractivity contribution in [3.05, 3.63) is 335 Å². The number of para-hydroxylation sites is 2. The molecule has 0 fully saturated rings. The highest BCUT2D eigenvalue weighted by atomic mass is 15.2. The smallest absolute Gasteiger partial charge is 0.0726 e. The number of benzene rings is 12. The molecule has 16 rings (SSSR count). The van der Waals surface area contributed by atoms with Crippen LogP contribution in [0.3, 0.4) is 0 Å².